The molecule has 0 radical (unpaired) electrons. The molecule has 1 fully saturated rings. The first-order chi connectivity index (χ1) is 15.7. The minimum Gasteiger partial charge on any atom is -0.334 e. The highest BCUT2D eigenvalue weighted by Gasteiger charge is 2.35. The van der Waals surface area contributed by atoms with E-state index in [0.29, 0.717) is 30.8 Å². The number of benzene rings is 1. The van der Waals surface area contributed by atoms with Gasteiger partial charge >= 0.3 is 6.18 Å². The van der Waals surface area contributed by atoms with Crippen molar-refractivity contribution in [3.8, 4) is 10.4 Å². The monoisotopic (exact) mass is 473 g/mol. The van der Waals surface area contributed by atoms with E-state index in [2.05, 4.69) is 16.9 Å². The molecule has 0 bridgehead atoms. The lowest BCUT2D eigenvalue weighted by atomic mass is 9.87. The summed E-state index contributed by atoms with van der Waals surface area (Å²) in [5.74, 6) is 0.215. The van der Waals surface area contributed by atoms with Crippen LogP contribution >= 0.6 is 11.3 Å². The summed E-state index contributed by atoms with van der Waals surface area (Å²) >= 11 is 1.51. The predicted molar refractivity (Wildman–Crippen MR) is 123 cm³/mol. The van der Waals surface area contributed by atoms with Crippen LogP contribution in [0.3, 0.4) is 0 Å². The van der Waals surface area contributed by atoms with Gasteiger partial charge in [0, 0.05) is 24.5 Å². The fraction of sp³-hybridized carbons (Fsp3) is 0.400. The SMILES string of the molecule is Cc1nc(C(=O)N2CCC[C@@H](C)[C@H]2CCc2ccc(C(F)(F)F)cn2)c(-c2ccccc2)s1. The molecule has 33 heavy (non-hydrogen) atoms. The molecule has 3 aromatic rings. The van der Waals surface area contributed by atoms with Gasteiger partial charge in [-0.1, -0.05) is 37.3 Å². The van der Waals surface area contributed by atoms with E-state index < -0.39 is 11.7 Å². The van der Waals surface area contributed by atoms with Crippen LogP contribution in [0.15, 0.2) is 48.7 Å². The number of aromatic nitrogens is 2. The fourth-order valence-electron chi connectivity index (χ4n) is 4.47. The molecule has 1 aliphatic rings. The number of amides is 1. The Morgan fingerprint density at radius 1 is 1.18 bits per heavy atom. The summed E-state index contributed by atoms with van der Waals surface area (Å²) in [4.78, 5) is 25.0. The van der Waals surface area contributed by atoms with Crippen LogP contribution in [0.25, 0.3) is 10.4 Å². The molecular weight excluding hydrogens is 447 g/mol. The maximum absolute atomic E-state index is 13.7. The lowest BCUT2D eigenvalue weighted by molar-refractivity contribution is -0.137. The van der Waals surface area contributed by atoms with Crippen molar-refractivity contribution in [2.45, 2.75) is 51.7 Å². The largest absolute Gasteiger partial charge is 0.417 e. The Morgan fingerprint density at radius 2 is 1.94 bits per heavy atom. The highest BCUT2D eigenvalue weighted by Crippen LogP contribution is 2.34. The summed E-state index contributed by atoms with van der Waals surface area (Å²) in [7, 11) is 0. The Morgan fingerprint density at radius 3 is 2.61 bits per heavy atom. The van der Waals surface area contributed by atoms with Gasteiger partial charge in [-0.3, -0.25) is 9.78 Å². The lowest BCUT2D eigenvalue weighted by Crippen LogP contribution is -2.48. The molecule has 0 aliphatic carbocycles. The summed E-state index contributed by atoms with van der Waals surface area (Å²) in [5.41, 5.74) is 1.31. The highest BCUT2D eigenvalue weighted by molar-refractivity contribution is 7.15. The highest BCUT2D eigenvalue weighted by atomic mass is 32.1. The number of pyridine rings is 1. The first-order valence-electron chi connectivity index (χ1n) is 11.1. The molecule has 0 unspecified atom stereocenters. The molecule has 8 heteroatoms. The van der Waals surface area contributed by atoms with Crippen LogP contribution < -0.4 is 0 Å². The van der Waals surface area contributed by atoms with Crippen molar-refractivity contribution in [2.75, 3.05) is 6.54 Å². The van der Waals surface area contributed by atoms with Gasteiger partial charge in [-0.25, -0.2) is 4.98 Å². The molecule has 1 aromatic carbocycles. The number of rotatable bonds is 5. The van der Waals surface area contributed by atoms with Gasteiger partial charge in [-0.15, -0.1) is 11.3 Å². The molecule has 2 aromatic heterocycles. The number of carbonyl (C=O) groups excluding carboxylic acids is 1. The Bertz CT molecular complexity index is 1100. The van der Waals surface area contributed by atoms with Crippen molar-refractivity contribution in [1.82, 2.24) is 14.9 Å². The molecule has 174 valence electrons. The van der Waals surface area contributed by atoms with Gasteiger partial charge in [0.1, 0.15) is 5.69 Å². The van der Waals surface area contributed by atoms with Crippen molar-refractivity contribution < 1.29 is 18.0 Å². The normalized spacial score (nSPS) is 19.0. The Labute approximate surface area is 195 Å². The molecule has 3 heterocycles. The molecular formula is C25H26F3N3OS. The van der Waals surface area contributed by atoms with E-state index in [1.165, 1.54) is 17.4 Å². The van der Waals surface area contributed by atoms with Gasteiger partial charge in [-0.05, 0) is 56.2 Å². The summed E-state index contributed by atoms with van der Waals surface area (Å²) in [6.07, 6.45) is -0.419. The van der Waals surface area contributed by atoms with E-state index in [0.717, 1.165) is 40.6 Å². The minimum absolute atomic E-state index is 0.0130. The van der Waals surface area contributed by atoms with Gasteiger partial charge in [-0.2, -0.15) is 13.2 Å². The Balaban J connectivity index is 1.54. The number of nitrogens with zero attached hydrogens (tertiary/aromatic N) is 3. The third-order valence-corrected chi connectivity index (χ3v) is 7.22. The van der Waals surface area contributed by atoms with Crippen LogP contribution in [0, 0.1) is 12.8 Å². The second kappa shape index (κ2) is 9.63. The van der Waals surface area contributed by atoms with Crippen molar-refractivity contribution in [3.63, 3.8) is 0 Å². The fourth-order valence-corrected chi connectivity index (χ4v) is 5.39. The number of halogens is 3. The number of likely N-dealkylation sites (tertiary alicyclic amines) is 1. The summed E-state index contributed by atoms with van der Waals surface area (Å²) in [5, 5.41) is 0.841. The Kier molecular flexibility index (Phi) is 6.83. The molecule has 2 atom stereocenters. The van der Waals surface area contributed by atoms with E-state index >= 15 is 0 Å². The van der Waals surface area contributed by atoms with Crippen molar-refractivity contribution in [3.05, 3.63) is 70.6 Å². The number of thiazole rings is 1. The molecule has 4 nitrogen and oxygen atoms in total. The number of hydrogen-bond acceptors (Lipinski definition) is 4. The smallest absolute Gasteiger partial charge is 0.334 e. The zero-order valence-electron chi connectivity index (χ0n) is 18.6. The lowest BCUT2D eigenvalue weighted by Gasteiger charge is -2.40. The van der Waals surface area contributed by atoms with E-state index in [-0.39, 0.29) is 17.9 Å². The number of alkyl halides is 3. The van der Waals surface area contributed by atoms with Crippen molar-refractivity contribution in [1.29, 1.82) is 0 Å². The molecule has 1 saturated heterocycles. The third-order valence-electron chi connectivity index (χ3n) is 6.20. The predicted octanol–water partition coefficient (Wildman–Crippen LogP) is 6.41. The third kappa shape index (κ3) is 5.27. The molecule has 1 amide bonds. The van der Waals surface area contributed by atoms with Crippen LogP contribution in [-0.2, 0) is 12.6 Å². The van der Waals surface area contributed by atoms with E-state index in [4.69, 9.17) is 0 Å². The quantitative estimate of drug-likeness (QED) is 0.430. The summed E-state index contributed by atoms with van der Waals surface area (Å²) in [6.45, 7) is 4.69. The van der Waals surface area contributed by atoms with Gasteiger partial charge in [0.25, 0.3) is 5.91 Å². The zero-order chi connectivity index (χ0) is 23.6. The van der Waals surface area contributed by atoms with Crippen LogP contribution in [-0.4, -0.2) is 33.4 Å². The summed E-state index contributed by atoms with van der Waals surface area (Å²) < 4.78 is 38.4. The van der Waals surface area contributed by atoms with Gasteiger partial charge < -0.3 is 4.90 Å². The summed E-state index contributed by atoms with van der Waals surface area (Å²) in [6, 6.07) is 12.3. The zero-order valence-corrected chi connectivity index (χ0v) is 19.4. The van der Waals surface area contributed by atoms with Gasteiger partial charge in [0.2, 0.25) is 0 Å². The maximum Gasteiger partial charge on any atom is 0.417 e. The molecule has 0 saturated carbocycles. The first-order valence-corrected chi connectivity index (χ1v) is 11.9. The van der Waals surface area contributed by atoms with E-state index in [1.807, 2.05) is 42.2 Å². The topological polar surface area (TPSA) is 46.1 Å². The second-order valence-corrected chi connectivity index (χ2v) is 9.74. The van der Waals surface area contributed by atoms with Gasteiger partial charge in [0.15, 0.2) is 0 Å². The van der Waals surface area contributed by atoms with Crippen LogP contribution in [0.1, 0.15) is 52.9 Å². The maximum atomic E-state index is 13.7. The number of carbonyl (C=O) groups is 1. The Hall–Kier alpha value is -2.74. The standard InChI is InChI=1S/C25H26F3N3OS/c1-16-7-6-14-31(21(16)13-12-20-11-10-19(15-29-20)25(26,27)28)24(32)22-23(33-17(2)30-22)18-8-4-3-5-9-18/h3-5,8-11,15-16,21H,6-7,12-14H2,1-2H3/t16-,21-/m1/s1. The van der Waals surface area contributed by atoms with Crippen LogP contribution in [0.5, 0.6) is 0 Å². The van der Waals surface area contributed by atoms with Crippen LogP contribution in [0.4, 0.5) is 13.2 Å². The van der Waals surface area contributed by atoms with E-state index in [9.17, 15) is 18.0 Å². The average molecular weight is 474 g/mol. The molecule has 0 spiro atoms. The number of aryl methyl sites for hydroxylation is 2. The number of piperidine rings is 1. The molecule has 0 N–H and O–H groups in total. The van der Waals surface area contributed by atoms with Crippen LogP contribution in [0.2, 0.25) is 0 Å². The first kappa shape index (κ1) is 23.4. The molecule has 4 rings (SSSR count). The number of hydrogen-bond donors (Lipinski definition) is 0. The second-order valence-electron chi connectivity index (χ2n) is 8.54. The molecule has 1 aliphatic heterocycles. The van der Waals surface area contributed by atoms with Crippen molar-refractivity contribution in [2.24, 2.45) is 5.92 Å². The van der Waals surface area contributed by atoms with Gasteiger partial charge in [0.05, 0.1) is 15.4 Å². The van der Waals surface area contributed by atoms with E-state index in [1.54, 1.807) is 0 Å². The average Bonchev–Trinajstić information content (AvgIpc) is 3.19. The minimum atomic E-state index is -4.39. The van der Waals surface area contributed by atoms with Crippen molar-refractivity contribution >= 4 is 17.2 Å².